The van der Waals surface area contributed by atoms with Crippen molar-refractivity contribution in [3.05, 3.63) is 29.3 Å². The summed E-state index contributed by atoms with van der Waals surface area (Å²) >= 11 is 0. The smallest absolute Gasteiger partial charge is 0.285 e. The molecule has 0 saturated carbocycles. The molecule has 0 atom stereocenters. The molecule has 0 unspecified atom stereocenters. The van der Waals surface area contributed by atoms with Crippen LogP contribution in [0.2, 0.25) is 0 Å². The maximum absolute atomic E-state index is 10.8. The van der Waals surface area contributed by atoms with Crippen LogP contribution in [-0.4, -0.2) is 25.9 Å². The zero-order valence-electron chi connectivity index (χ0n) is 8.28. The molecule has 16 heavy (non-hydrogen) atoms. The van der Waals surface area contributed by atoms with Gasteiger partial charge >= 0.3 is 0 Å². The van der Waals surface area contributed by atoms with Crippen LogP contribution in [0.1, 0.15) is 11.1 Å². The highest BCUT2D eigenvalue weighted by atomic mass is 32.2. The van der Waals surface area contributed by atoms with Crippen LogP contribution in [0.3, 0.4) is 0 Å². The summed E-state index contributed by atoms with van der Waals surface area (Å²) in [7, 11) is -8.61. The van der Waals surface area contributed by atoms with Gasteiger partial charge in [-0.15, -0.1) is 0 Å². The minimum atomic E-state index is -4.37. The van der Waals surface area contributed by atoms with Gasteiger partial charge in [0.1, 0.15) is 5.75 Å². The molecule has 0 fully saturated rings. The van der Waals surface area contributed by atoms with Crippen LogP contribution in [0.5, 0.6) is 0 Å². The average molecular weight is 266 g/mol. The summed E-state index contributed by atoms with van der Waals surface area (Å²) < 4.78 is 60.3. The van der Waals surface area contributed by atoms with E-state index >= 15 is 0 Å². The third kappa shape index (κ3) is 3.56. The van der Waals surface area contributed by atoms with Crippen molar-refractivity contribution >= 4 is 20.2 Å². The molecular formula is C8H10O6S2. The SMILES string of the molecule is Cc1ccc(S(=O)(=O)O)cc1CS(=O)(=O)O. The summed E-state index contributed by atoms with van der Waals surface area (Å²) in [6.07, 6.45) is 0. The first kappa shape index (κ1) is 13.1. The van der Waals surface area contributed by atoms with Gasteiger partial charge in [-0.2, -0.15) is 16.8 Å². The Bertz CT molecular complexity index is 599. The second kappa shape index (κ2) is 4.13. The number of rotatable bonds is 3. The van der Waals surface area contributed by atoms with Gasteiger partial charge in [-0.05, 0) is 30.2 Å². The quantitative estimate of drug-likeness (QED) is 0.777. The molecule has 0 heterocycles. The van der Waals surface area contributed by atoms with Crippen LogP contribution >= 0.6 is 0 Å². The van der Waals surface area contributed by atoms with Crippen molar-refractivity contribution in [2.45, 2.75) is 17.6 Å². The first-order chi connectivity index (χ1) is 7.09. The van der Waals surface area contributed by atoms with E-state index < -0.39 is 30.9 Å². The van der Waals surface area contributed by atoms with Crippen molar-refractivity contribution in [2.24, 2.45) is 0 Å². The Morgan fingerprint density at radius 2 is 1.69 bits per heavy atom. The lowest BCUT2D eigenvalue weighted by molar-refractivity contribution is 0.478. The molecule has 90 valence electrons. The molecule has 0 bridgehead atoms. The average Bonchev–Trinajstić information content (AvgIpc) is 2.04. The van der Waals surface area contributed by atoms with Crippen molar-refractivity contribution < 1.29 is 25.9 Å². The maximum atomic E-state index is 10.8. The first-order valence-corrected chi connectivity index (χ1v) is 7.17. The summed E-state index contributed by atoms with van der Waals surface area (Å²) in [6, 6.07) is 3.51. The van der Waals surface area contributed by atoms with Crippen LogP contribution in [0, 0.1) is 6.92 Å². The van der Waals surface area contributed by atoms with Crippen molar-refractivity contribution in [2.75, 3.05) is 0 Å². The van der Waals surface area contributed by atoms with E-state index in [4.69, 9.17) is 9.11 Å². The molecular weight excluding hydrogens is 256 g/mol. The van der Waals surface area contributed by atoms with E-state index in [2.05, 4.69) is 0 Å². The second-order valence-electron chi connectivity index (χ2n) is 3.29. The summed E-state index contributed by atoms with van der Waals surface area (Å²) in [5.74, 6) is -0.692. The Morgan fingerprint density at radius 3 is 2.12 bits per heavy atom. The molecule has 6 nitrogen and oxygen atoms in total. The Hall–Kier alpha value is -0.960. The van der Waals surface area contributed by atoms with E-state index in [1.807, 2.05) is 0 Å². The topological polar surface area (TPSA) is 109 Å². The minimum absolute atomic E-state index is 0.123. The largest absolute Gasteiger partial charge is 0.294 e. The van der Waals surface area contributed by atoms with E-state index in [1.165, 1.54) is 6.07 Å². The number of benzene rings is 1. The second-order valence-corrected chi connectivity index (χ2v) is 6.16. The molecule has 0 aliphatic rings. The van der Waals surface area contributed by atoms with Gasteiger partial charge in [0.25, 0.3) is 20.2 Å². The number of hydrogen-bond acceptors (Lipinski definition) is 4. The molecule has 0 aliphatic heterocycles. The third-order valence-electron chi connectivity index (χ3n) is 1.96. The molecule has 0 amide bonds. The Morgan fingerprint density at radius 1 is 1.12 bits per heavy atom. The van der Waals surface area contributed by atoms with Crippen LogP contribution in [-0.2, 0) is 26.0 Å². The molecule has 1 aromatic rings. The fraction of sp³-hybridized carbons (Fsp3) is 0.250. The lowest BCUT2D eigenvalue weighted by Crippen LogP contribution is -2.05. The monoisotopic (exact) mass is 266 g/mol. The van der Waals surface area contributed by atoms with Crippen LogP contribution < -0.4 is 0 Å². The molecule has 2 N–H and O–H groups in total. The fourth-order valence-electron chi connectivity index (χ4n) is 1.16. The van der Waals surface area contributed by atoms with E-state index in [-0.39, 0.29) is 5.56 Å². The highest BCUT2D eigenvalue weighted by Crippen LogP contribution is 2.17. The molecule has 1 rings (SSSR count). The molecule has 0 radical (unpaired) electrons. The van der Waals surface area contributed by atoms with Gasteiger partial charge in [0.2, 0.25) is 0 Å². The molecule has 0 aromatic heterocycles. The Kier molecular flexibility index (Phi) is 3.38. The number of hydrogen-bond donors (Lipinski definition) is 2. The Labute approximate surface area is 93.4 Å². The van der Waals surface area contributed by atoms with Crippen molar-refractivity contribution in [3.8, 4) is 0 Å². The Balaban J connectivity index is 3.31. The van der Waals surface area contributed by atoms with E-state index in [0.29, 0.717) is 5.56 Å². The van der Waals surface area contributed by atoms with Crippen molar-refractivity contribution in [3.63, 3.8) is 0 Å². The van der Waals surface area contributed by atoms with Gasteiger partial charge in [0.15, 0.2) is 0 Å². The number of aryl methyl sites for hydroxylation is 1. The molecule has 8 heteroatoms. The zero-order chi connectivity index (χ0) is 12.6. The molecule has 0 aliphatic carbocycles. The predicted octanol–water partition coefficient (Wildman–Crippen LogP) is 0.630. The zero-order valence-corrected chi connectivity index (χ0v) is 9.92. The summed E-state index contributed by atoms with van der Waals surface area (Å²) in [6.45, 7) is 1.56. The van der Waals surface area contributed by atoms with Crippen LogP contribution in [0.15, 0.2) is 23.1 Å². The van der Waals surface area contributed by atoms with E-state index in [0.717, 1.165) is 12.1 Å². The maximum Gasteiger partial charge on any atom is 0.294 e. The highest BCUT2D eigenvalue weighted by Gasteiger charge is 2.14. The summed E-state index contributed by atoms with van der Waals surface area (Å²) in [4.78, 5) is -0.406. The molecule has 0 spiro atoms. The lowest BCUT2D eigenvalue weighted by atomic mass is 10.1. The van der Waals surface area contributed by atoms with Gasteiger partial charge in [0, 0.05) is 0 Å². The van der Waals surface area contributed by atoms with Crippen molar-refractivity contribution in [1.29, 1.82) is 0 Å². The van der Waals surface area contributed by atoms with Gasteiger partial charge in [-0.25, -0.2) is 0 Å². The van der Waals surface area contributed by atoms with Gasteiger partial charge in [0.05, 0.1) is 4.90 Å². The molecule has 0 saturated heterocycles. The van der Waals surface area contributed by atoms with Crippen LogP contribution in [0.25, 0.3) is 0 Å². The normalized spacial score (nSPS) is 12.7. The predicted molar refractivity (Wildman–Crippen MR) is 56.2 cm³/mol. The first-order valence-electron chi connectivity index (χ1n) is 4.12. The van der Waals surface area contributed by atoms with Gasteiger partial charge < -0.3 is 0 Å². The molecule has 1 aromatic carbocycles. The summed E-state index contributed by atoms with van der Waals surface area (Å²) in [5.41, 5.74) is 0.627. The lowest BCUT2D eigenvalue weighted by Gasteiger charge is -2.05. The van der Waals surface area contributed by atoms with E-state index in [9.17, 15) is 16.8 Å². The van der Waals surface area contributed by atoms with Gasteiger partial charge in [-0.3, -0.25) is 9.11 Å². The van der Waals surface area contributed by atoms with Crippen molar-refractivity contribution in [1.82, 2.24) is 0 Å². The third-order valence-corrected chi connectivity index (χ3v) is 3.48. The van der Waals surface area contributed by atoms with Crippen LogP contribution in [0.4, 0.5) is 0 Å². The van der Waals surface area contributed by atoms with Gasteiger partial charge in [-0.1, -0.05) is 6.07 Å². The highest BCUT2D eigenvalue weighted by molar-refractivity contribution is 7.86. The summed E-state index contributed by atoms with van der Waals surface area (Å²) in [5, 5.41) is 0. The standard InChI is InChI=1S/C8H10O6S2/c1-6-2-3-8(16(12,13)14)4-7(6)5-15(9,10)11/h2-4H,5H2,1H3,(H,9,10,11)(H,12,13,14). The van der Waals surface area contributed by atoms with E-state index in [1.54, 1.807) is 6.92 Å². The minimum Gasteiger partial charge on any atom is -0.285 e. The fourth-order valence-corrected chi connectivity index (χ4v) is 2.40.